The van der Waals surface area contributed by atoms with Gasteiger partial charge in [0.25, 0.3) is 5.69 Å². The number of nitro benzene ring substituents is 1. The molecule has 0 saturated heterocycles. The van der Waals surface area contributed by atoms with Gasteiger partial charge in [0.05, 0.1) is 10.5 Å². The van der Waals surface area contributed by atoms with Crippen LogP contribution in [0.5, 0.6) is 5.75 Å². The molecule has 1 aliphatic heterocycles. The number of non-ortho nitro benzene ring substituents is 1. The van der Waals surface area contributed by atoms with Gasteiger partial charge in [-0.1, -0.05) is 0 Å². The largest absolute Gasteiger partial charge is 0.478 e. The number of fused-ring (bicyclic) bond motifs is 1. The van der Waals surface area contributed by atoms with Crippen LogP contribution in [-0.2, 0) is 4.79 Å². The van der Waals surface area contributed by atoms with Crippen LogP contribution in [0.15, 0.2) is 23.8 Å². The highest BCUT2D eigenvalue weighted by Gasteiger charge is 2.48. The average Bonchev–Trinajstić information content (AvgIpc) is 2.35. The number of nitrogens with zero attached hydrogens (tertiary/aromatic N) is 1. The van der Waals surface area contributed by atoms with Crippen LogP contribution < -0.4 is 4.74 Å². The summed E-state index contributed by atoms with van der Waals surface area (Å²) in [5, 5.41) is 19.4. The molecular weight excluding hydrogens is 283 g/mol. The lowest BCUT2D eigenvalue weighted by molar-refractivity contribution is -0.384. The molecule has 0 aromatic heterocycles. The third kappa shape index (κ3) is 2.42. The Bertz CT molecular complexity index is 623. The minimum absolute atomic E-state index is 0.0860. The highest BCUT2D eigenvalue weighted by molar-refractivity contribution is 5.95. The second-order valence-electron chi connectivity index (χ2n) is 3.92. The fraction of sp³-hybridized carbons (Fsp3) is 0.182. The van der Waals surface area contributed by atoms with Crippen LogP contribution in [0, 0.1) is 10.1 Å². The van der Waals surface area contributed by atoms with Crippen LogP contribution in [0.1, 0.15) is 5.56 Å². The quantitative estimate of drug-likeness (QED) is 0.667. The SMILES string of the molecule is O=C(O)C1=Cc2cc([N+](=O)[O-])ccc2O[C@@H]1C(F)(F)F. The van der Waals surface area contributed by atoms with Gasteiger partial charge in [0, 0.05) is 17.7 Å². The number of carbonyl (C=O) groups is 1. The van der Waals surface area contributed by atoms with Gasteiger partial charge < -0.3 is 9.84 Å². The number of carboxylic acids is 1. The molecule has 1 heterocycles. The molecule has 0 fully saturated rings. The van der Waals surface area contributed by atoms with Crippen LogP contribution in [0.3, 0.4) is 0 Å². The van der Waals surface area contributed by atoms with Gasteiger partial charge in [0.1, 0.15) is 5.75 Å². The van der Waals surface area contributed by atoms with E-state index < -0.39 is 28.7 Å². The maximum Gasteiger partial charge on any atom is 0.430 e. The number of rotatable bonds is 2. The fourth-order valence-electron chi connectivity index (χ4n) is 1.72. The normalized spacial score (nSPS) is 17.8. The van der Waals surface area contributed by atoms with E-state index in [4.69, 9.17) is 5.11 Å². The first-order valence-corrected chi connectivity index (χ1v) is 5.17. The van der Waals surface area contributed by atoms with E-state index in [1.165, 1.54) is 0 Å². The van der Waals surface area contributed by atoms with Crippen LogP contribution in [0.2, 0.25) is 0 Å². The van der Waals surface area contributed by atoms with E-state index in [2.05, 4.69) is 4.74 Å². The van der Waals surface area contributed by atoms with E-state index in [9.17, 15) is 28.1 Å². The van der Waals surface area contributed by atoms with E-state index in [1.54, 1.807) is 0 Å². The number of carboxylic acid groups (broad SMARTS) is 1. The highest BCUT2D eigenvalue weighted by Crippen LogP contribution is 2.38. The third-order valence-electron chi connectivity index (χ3n) is 2.59. The van der Waals surface area contributed by atoms with Crippen molar-refractivity contribution in [1.82, 2.24) is 0 Å². The monoisotopic (exact) mass is 289 g/mol. The maximum atomic E-state index is 12.7. The molecule has 20 heavy (non-hydrogen) atoms. The summed E-state index contributed by atoms with van der Waals surface area (Å²) in [5.41, 5.74) is -1.48. The standard InChI is InChI=1S/C11H6F3NO5/c12-11(13,14)9-7(10(16)17)4-5-3-6(15(18)19)1-2-8(5)20-9/h1-4,9H,(H,16,17)/t9-/m0/s1. The number of hydrogen-bond acceptors (Lipinski definition) is 4. The molecule has 0 bridgehead atoms. The molecule has 0 radical (unpaired) electrons. The van der Waals surface area contributed by atoms with E-state index in [0.717, 1.165) is 24.3 Å². The molecule has 9 heteroatoms. The molecule has 1 aromatic carbocycles. The molecule has 0 aliphatic carbocycles. The van der Waals surface area contributed by atoms with Gasteiger partial charge in [-0.2, -0.15) is 13.2 Å². The second kappa shape index (κ2) is 4.51. The van der Waals surface area contributed by atoms with Gasteiger partial charge in [-0.3, -0.25) is 10.1 Å². The molecule has 0 spiro atoms. The lowest BCUT2D eigenvalue weighted by atomic mass is 10.0. The minimum atomic E-state index is -4.90. The van der Waals surface area contributed by atoms with Crippen molar-refractivity contribution in [3.8, 4) is 5.75 Å². The lowest BCUT2D eigenvalue weighted by Gasteiger charge is -2.26. The Morgan fingerprint density at radius 2 is 2.05 bits per heavy atom. The van der Waals surface area contributed by atoms with Crippen molar-refractivity contribution in [3.05, 3.63) is 39.4 Å². The number of alkyl halides is 3. The number of benzene rings is 1. The van der Waals surface area contributed by atoms with Crippen LogP contribution >= 0.6 is 0 Å². The number of nitro groups is 1. The van der Waals surface area contributed by atoms with Crippen LogP contribution in [0.25, 0.3) is 6.08 Å². The predicted octanol–water partition coefficient (Wildman–Crippen LogP) is 2.39. The van der Waals surface area contributed by atoms with Gasteiger partial charge in [-0.15, -0.1) is 0 Å². The number of ether oxygens (including phenoxy) is 1. The van der Waals surface area contributed by atoms with Crippen LogP contribution in [-0.4, -0.2) is 28.3 Å². The summed E-state index contributed by atoms with van der Waals surface area (Å²) < 4.78 is 42.8. The predicted molar refractivity (Wildman–Crippen MR) is 59.2 cm³/mol. The van der Waals surface area contributed by atoms with Crippen molar-refractivity contribution in [2.24, 2.45) is 0 Å². The minimum Gasteiger partial charge on any atom is -0.478 e. The van der Waals surface area contributed by atoms with Gasteiger partial charge in [-0.05, 0) is 12.1 Å². The zero-order valence-corrected chi connectivity index (χ0v) is 9.55. The Kier molecular flexibility index (Phi) is 3.12. The second-order valence-corrected chi connectivity index (χ2v) is 3.92. The lowest BCUT2D eigenvalue weighted by Crippen LogP contribution is -2.40. The summed E-state index contributed by atoms with van der Waals surface area (Å²) in [7, 11) is 0. The molecule has 0 saturated carbocycles. The first-order chi connectivity index (χ1) is 9.20. The van der Waals surface area contributed by atoms with Crippen molar-refractivity contribution in [2.75, 3.05) is 0 Å². The van der Waals surface area contributed by atoms with Gasteiger partial charge in [0.15, 0.2) is 0 Å². The Morgan fingerprint density at radius 3 is 2.55 bits per heavy atom. The highest BCUT2D eigenvalue weighted by atomic mass is 19.4. The molecule has 6 nitrogen and oxygen atoms in total. The molecule has 1 atom stereocenters. The first kappa shape index (κ1) is 13.8. The average molecular weight is 289 g/mol. The summed E-state index contributed by atoms with van der Waals surface area (Å²) in [6.07, 6.45) is -6.77. The smallest absolute Gasteiger partial charge is 0.430 e. The van der Waals surface area contributed by atoms with Gasteiger partial charge in [-0.25, -0.2) is 4.79 Å². The molecule has 1 aromatic rings. The third-order valence-corrected chi connectivity index (χ3v) is 2.59. The fourth-order valence-corrected chi connectivity index (χ4v) is 1.72. The van der Waals surface area contributed by atoms with Crippen molar-refractivity contribution < 1.29 is 32.7 Å². The number of halogens is 3. The summed E-state index contributed by atoms with van der Waals surface area (Å²) >= 11 is 0. The van der Waals surface area contributed by atoms with Crippen LogP contribution in [0.4, 0.5) is 18.9 Å². The van der Waals surface area contributed by atoms with Crippen molar-refractivity contribution in [2.45, 2.75) is 12.3 Å². The Balaban J connectivity index is 2.54. The maximum absolute atomic E-state index is 12.7. The zero-order valence-electron chi connectivity index (χ0n) is 9.55. The van der Waals surface area contributed by atoms with E-state index in [-0.39, 0.29) is 17.0 Å². The molecular formula is C11H6F3NO5. The number of hydrogen-bond donors (Lipinski definition) is 1. The number of aliphatic carboxylic acids is 1. The van der Waals surface area contributed by atoms with E-state index >= 15 is 0 Å². The molecule has 2 rings (SSSR count). The molecule has 0 unspecified atom stereocenters. The Labute approximate surface area is 109 Å². The molecule has 1 N–H and O–H groups in total. The first-order valence-electron chi connectivity index (χ1n) is 5.17. The van der Waals surface area contributed by atoms with Crippen molar-refractivity contribution >= 4 is 17.7 Å². The zero-order chi connectivity index (χ0) is 15.1. The molecule has 1 aliphatic rings. The summed E-state index contributed by atoms with van der Waals surface area (Å²) in [6, 6.07) is 2.93. The van der Waals surface area contributed by atoms with Gasteiger partial charge in [0.2, 0.25) is 6.10 Å². The Morgan fingerprint density at radius 1 is 1.40 bits per heavy atom. The van der Waals surface area contributed by atoms with Crippen molar-refractivity contribution in [1.29, 1.82) is 0 Å². The summed E-state index contributed by atoms with van der Waals surface area (Å²) in [6.45, 7) is 0. The summed E-state index contributed by atoms with van der Waals surface area (Å²) in [4.78, 5) is 20.7. The van der Waals surface area contributed by atoms with Crippen molar-refractivity contribution in [3.63, 3.8) is 0 Å². The Hall–Kier alpha value is -2.58. The molecule has 0 amide bonds. The molecule has 106 valence electrons. The van der Waals surface area contributed by atoms with E-state index in [1.807, 2.05) is 0 Å². The van der Waals surface area contributed by atoms with E-state index in [0.29, 0.717) is 0 Å². The van der Waals surface area contributed by atoms with Gasteiger partial charge >= 0.3 is 12.1 Å². The summed E-state index contributed by atoms with van der Waals surface area (Å²) in [5.74, 6) is -2.06. The topological polar surface area (TPSA) is 89.7 Å².